The molecule has 7 aromatic rings. The van der Waals surface area contributed by atoms with E-state index < -0.39 is 0 Å². The Balaban J connectivity index is 1.47. The molecule has 0 saturated carbocycles. The number of halogens is 2. The fraction of sp³-hybridized carbons (Fsp3) is 0. The molecule has 1 aromatic heterocycles. The molecule has 0 radical (unpaired) electrons. The highest BCUT2D eigenvalue weighted by atomic mass is 35.5. The molecule has 1 heterocycles. The summed E-state index contributed by atoms with van der Waals surface area (Å²) in [7, 11) is 0. The lowest BCUT2D eigenvalue weighted by molar-refractivity contribution is 0.669. The van der Waals surface area contributed by atoms with Gasteiger partial charge < -0.3 is 9.32 Å². The third-order valence-electron chi connectivity index (χ3n) is 6.95. The molecule has 0 fully saturated rings. The average Bonchev–Trinajstić information content (AvgIpc) is 3.31. The van der Waals surface area contributed by atoms with Crippen LogP contribution in [0.5, 0.6) is 0 Å². The van der Waals surface area contributed by atoms with Gasteiger partial charge in [0.25, 0.3) is 0 Å². The van der Waals surface area contributed by atoms with E-state index in [2.05, 4.69) is 89.8 Å². The number of furan rings is 1. The topological polar surface area (TPSA) is 16.4 Å². The van der Waals surface area contributed by atoms with Crippen LogP contribution in [0.15, 0.2) is 132 Å². The van der Waals surface area contributed by atoms with Gasteiger partial charge >= 0.3 is 0 Å². The number of para-hydroxylation sites is 2. The van der Waals surface area contributed by atoms with Gasteiger partial charge in [0.05, 0.1) is 5.69 Å². The first-order valence-corrected chi connectivity index (χ1v) is 13.2. The molecule has 0 amide bonds. The second-order valence-corrected chi connectivity index (χ2v) is 10.2. The summed E-state index contributed by atoms with van der Waals surface area (Å²) in [4.78, 5) is 2.28. The fourth-order valence-electron chi connectivity index (χ4n) is 5.30. The summed E-state index contributed by atoms with van der Waals surface area (Å²) in [5, 5.41) is 5.70. The number of hydrogen-bond donors (Lipinski definition) is 0. The Morgan fingerprint density at radius 3 is 1.92 bits per heavy atom. The number of anilines is 3. The molecule has 0 N–H and O–H groups in total. The molecule has 182 valence electrons. The predicted molar refractivity (Wildman–Crippen MR) is 161 cm³/mol. The Morgan fingerprint density at radius 1 is 0.474 bits per heavy atom. The molecule has 6 aromatic carbocycles. The number of fused-ring (bicyclic) bond motifs is 4. The van der Waals surface area contributed by atoms with Gasteiger partial charge in [0.15, 0.2) is 0 Å². The summed E-state index contributed by atoms with van der Waals surface area (Å²) < 4.78 is 6.25. The molecular weight excluding hydrogens is 509 g/mol. The molecule has 4 heteroatoms. The summed E-state index contributed by atoms with van der Waals surface area (Å²) >= 11 is 12.7. The van der Waals surface area contributed by atoms with E-state index in [-0.39, 0.29) is 0 Å². The van der Waals surface area contributed by atoms with Crippen LogP contribution in [0.25, 0.3) is 43.8 Å². The van der Waals surface area contributed by atoms with Crippen LogP contribution in [0.3, 0.4) is 0 Å². The summed E-state index contributed by atoms with van der Waals surface area (Å²) in [5.41, 5.74) is 6.96. The Bertz CT molecular complexity index is 1940. The van der Waals surface area contributed by atoms with Gasteiger partial charge in [0.2, 0.25) is 0 Å². The van der Waals surface area contributed by atoms with E-state index in [1.807, 2.05) is 36.4 Å². The molecule has 0 aliphatic rings. The zero-order chi connectivity index (χ0) is 25.6. The van der Waals surface area contributed by atoms with Crippen molar-refractivity contribution >= 4 is 73.0 Å². The normalized spacial score (nSPS) is 11.4. The third-order valence-corrected chi connectivity index (χ3v) is 7.39. The molecule has 7 rings (SSSR count). The monoisotopic (exact) mass is 529 g/mol. The predicted octanol–water partition coefficient (Wildman–Crippen LogP) is 11.2. The third kappa shape index (κ3) is 3.90. The van der Waals surface area contributed by atoms with Crippen LogP contribution in [0.2, 0.25) is 10.0 Å². The van der Waals surface area contributed by atoms with Crippen LogP contribution >= 0.6 is 23.2 Å². The minimum atomic E-state index is 0.616. The van der Waals surface area contributed by atoms with Crippen molar-refractivity contribution in [1.29, 1.82) is 0 Å². The van der Waals surface area contributed by atoms with Crippen LogP contribution in [0.4, 0.5) is 17.1 Å². The van der Waals surface area contributed by atoms with Crippen LogP contribution in [0, 0.1) is 0 Å². The van der Waals surface area contributed by atoms with E-state index in [0.29, 0.717) is 10.0 Å². The van der Waals surface area contributed by atoms with Gasteiger partial charge in [-0.05, 0) is 71.1 Å². The maximum absolute atomic E-state index is 6.37. The highest BCUT2D eigenvalue weighted by molar-refractivity contribution is 6.35. The first-order valence-electron chi connectivity index (χ1n) is 12.4. The summed E-state index contributed by atoms with van der Waals surface area (Å²) in [6.07, 6.45) is 0. The highest BCUT2D eigenvalue weighted by Gasteiger charge is 2.19. The fourth-order valence-corrected chi connectivity index (χ4v) is 5.82. The maximum atomic E-state index is 6.37. The molecule has 0 aliphatic heterocycles. The van der Waals surface area contributed by atoms with E-state index >= 15 is 0 Å². The molecule has 2 nitrogen and oxygen atoms in total. The van der Waals surface area contributed by atoms with Gasteiger partial charge in [-0.1, -0.05) is 89.9 Å². The van der Waals surface area contributed by atoms with Crippen molar-refractivity contribution in [2.45, 2.75) is 0 Å². The van der Waals surface area contributed by atoms with Crippen LogP contribution in [-0.4, -0.2) is 0 Å². The quantitative estimate of drug-likeness (QED) is 0.225. The Morgan fingerprint density at radius 2 is 1.13 bits per heavy atom. The lowest BCUT2D eigenvalue weighted by Gasteiger charge is -2.27. The molecule has 0 spiro atoms. The minimum Gasteiger partial charge on any atom is -0.456 e. The molecule has 0 atom stereocenters. The molecular formula is C34H21Cl2NO. The summed E-state index contributed by atoms with van der Waals surface area (Å²) in [6.45, 7) is 0. The smallest absolute Gasteiger partial charge is 0.137 e. The SMILES string of the molecule is Clc1cc(Cl)cc(-c2ccc(N(c3ccccc3)c3ccc4c(c3)oc3ccccc34)c3ccccc23)c1. The second kappa shape index (κ2) is 9.25. The maximum Gasteiger partial charge on any atom is 0.137 e. The zero-order valence-electron chi connectivity index (χ0n) is 20.2. The highest BCUT2D eigenvalue weighted by Crippen LogP contribution is 2.43. The van der Waals surface area contributed by atoms with E-state index in [4.69, 9.17) is 27.6 Å². The van der Waals surface area contributed by atoms with Gasteiger partial charge in [0.1, 0.15) is 11.2 Å². The molecule has 0 aliphatic carbocycles. The molecule has 38 heavy (non-hydrogen) atoms. The van der Waals surface area contributed by atoms with Crippen molar-refractivity contribution in [3.05, 3.63) is 137 Å². The minimum absolute atomic E-state index is 0.616. The number of rotatable bonds is 4. The van der Waals surface area contributed by atoms with Gasteiger partial charge in [-0.3, -0.25) is 0 Å². The number of nitrogens with zero attached hydrogens (tertiary/aromatic N) is 1. The van der Waals surface area contributed by atoms with Gasteiger partial charge in [-0.2, -0.15) is 0 Å². The summed E-state index contributed by atoms with van der Waals surface area (Å²) in [5.74, 6) is 0. The first-order chi connectivity index (χ1) is 18.7. The van der Waals surface area contributed by atoms with Crippen molar-refractivity contribution in [2.24, 2.45) is 0 Å². The van der Waals surface area contributed by atoms with Crippen LogP contribution in [-0.2, 0) is 0 Å². The van der Waals surface area contributed by atoms with Crippen molar-refractivity contribution in [1.82, 2.24) is 0 Å². The van der Waals surface area contributed by atoms with Crippen molar-refractivity contribution in [2.75, 3.05) is 4.90 Å². The van der Waals surface area contributed by atoms with E-state index in [1.165, 1.54) is 0 Å². The van der Waals surface area contributed by atoms with Gasteiger partial charge in [-0.25, -0.2) is 0 Å². The Hall–Kier alpha value is -4.24. The second-order valence-electron chi connectivity index (χ2n) is 9.29. The molecule has 0 unspecified atom stereocenters. The standard InChI is InChI=1S/C34H21Cl2NO/c35-23-18-22(19-24(36)20-23)27-16-17-32(29-11-5-4-10-28(27)29)37(25-8-2-1-3-9-25)26-14-15-31-30-12-6-7-13-33(30)38-34(31)21-26/h1-21H. The first kappa shape index (κ1) is 22.9. The molecule has 0 bridgehead atoms. The number of hydrogen-bond acceptors (Lipinski definition) is 2. The molecule has 0 saturated heterocycles. The number of benzene rings is 6. The van der Waals surface area contributed by atoms with Gasteiger partial charge in [0, 0.05) is 43.6 Å². The van der Waals surface area contributed by atoms with E-state index in [9.17, 15) is 0 Å². The van der Waals surface area contributed by atoms with Crippen molar-refractivity contribution in [3.8, 4) is 11.1 Å². The Labute approximate surface area is 230 Å². The van der Waals surface area contributed by atoms with Crippen LogP contribution < -0.4 is 4.90 Å². The van der Waals surface area contributed by atoms with E-state index in [0.717, 1.165) is 60.9 Å². The van der Waals surface area contributed by atoms with Gasteiger partial charge in [-0.15, -0.1) is 0 Å². The lowest BCUT2D eigenvalue weighted by Crippen LogP contribution is -2.10. The largest absolute Gasteiger partial charge is 0.456 e. The van der Waals surface area contributed by atoms with E-state index in [1.54, 1.807) is 6.07 Å². The van der Waals surface area contributed by atoms with Crippen LogP contribution in [0.1, 0.15) is 0 Å². The van der Waals surface area contributed by atoms with Crippen molar-refractivity contribution < 1.29 is 4.42 Å². The Kier molecular flexibility index (Phi) is 5.58. The summed E-state index contributed by atoms with van der Waals surface area (Å²) in [6, 6.07) is 43.5. The average molecular weight is 530 g/mol. The lowest BCUT2D eigenvalue weighted by atomic mass is 9.96. The van der Waals surface area contributed by atoms with Crippen molar-refractivity contribution in [3.63, 3.8) is 0 Å². The zero-order valence-corrected chi connectivity index (χ0v) is 21.7.